The number of nitrogens with zero attached hydrogens (tertiary/aromatic N) is 1. The zero-order valence-corrected chi connectivity index (χ0v) is 20.7. The molecule has 172 valence electrons. The minimum atomic E-state index is -0.556. The van der Waals surface area contributed by atoms with E-state index in [9.17, 15) is 9.59 Å². The highest BCUT2D eigenvalue weighted by molar-refractivity contribution is 7.99. The highest BCUT2D eigenvalue weighted by Crippen LogP contribution is 2.20. The van der Waals surface area contributed by atoms with E-state index in [0.717, 1.165) is 36.8 Å². The maximum Gasteiger partial charge on any atom is 0.242 e. The Bertz CT molecular complexity index is 901. The first-order chi connectivity index (χ1) is 15.4. The van der Waals surface area contributed by atoms with Gasteiger partial charge in [0.25, 0.3) is 0 Å². The number of benzene rings is 2. The van der Waals surface area contributed by atoms with E-state index in [0.29, 0.717) is 28.1 Å². The first-order valence-corrected chi connectivity index (χ1v) is 13.0. The number of rotatable bonds is 9. The van der Waals surface area contributed by atoms with Crippen molar-refractivity contribution < 1.29 is 9.59 Å². The molecule has 0 aliphatic heterocycles. The van der Waals surface area contributed by atoms with E-state index in [1.165, 1.54) is 18.2 Å². The van der Waals surface area contributed by atoms with E-state index < -0.39 is 6.04 Å². The molecule has 1 N–H and O–H groups in total. The van der Waals surface area contributed by atoms with Crippen molar-refractivity contribution in [2.75, 3.05) is 5.75 Å². The van der Waals surface area contributed by atoms with E-state index >= 15 is 0 Å². The van der Waals surface area contributed by atoms with Crippen LogP contribution in [0.15, 0.2) is 48.5 Å². The minimum absolute atomic E-state index is 0.0600. The second kappa shape index (κ2) is 12.5. The van der Waals surface area contributed by atoms with E-state index in [4.69, 9.17) is 23.2 Å². The SMILES string of the molecule is C[C@@H](C(=O)NC1CCCCC1)N(Cc1cccc(Cl)c1)C(=O)CSCc1ccc(Cl)cc1. The van der Waals surface area contributed by atoms with Crippen LogP contribution in [0, 0.1) is 0 Å². The largest absolute Gasteiger partial charge is 0.352 e. The molecule has 1 saturated carbocycles. The van der Waals surface area contributed by atoms with Crippen molar-refractivity contribution in [1.29, 1.82) is 0 Å². The van der Waals surface area contributed by atoms with Crippen LogP contribution in [0.2, 0.25) is 10.0 Å². The minimum Gasteiger partial charge on any atom is -0.352 e. The predicted molar refractivity (Wildman–Crippen MR) is 134 cm³/mol. The van der Waals surface area contributed by atoms with Gasteiger partial charge in [0.05, 0.1) is 5.75 Å². The summed E-state index contributed by atoms with van der Waals surface area (Å²) in [4.78, 5) is 27.8. The molecular formula is C25H30Cl2N2O2S. The number of hydrogen-bond acceptors (Lipinski definition) is 3. The molecule has 32 heavy (non-hydrogen) atoms. The molecule has 2 aromatic carbocycles. The Labute approximate surface area is 205 Å². The molecule has 1 fully saturated rings. The van der Waals surface area contributed by atoms with Crippen LogP contribution in [-0.2, 0) is 21.9 Å². The molecule has 0 radical (unpaired) electrons. The highest BCUT2D eigenvalue weighted by atomic mass is 35.5. The van der Waals surface area contributed by atoms with Crippen molar-refractivity contribution >= 4 is 46.8 Å². The van der Waals surface area contributed by atoms with Gasteiger partial charge in [0.15, 0.2) is 0 Å². The molecule has 4 nitrogen and oxygen atoms in total. The molecule has 0 heterocycles. The topological polar surface area (TPSA) is 49.4 Å². The summed E-state index contributed by atoms with van der Waals surface area (Å²) in [5.41, 5.74) is 2.02. The molecule has 0 bridgehead atoms. The summed E-state index contributed by atoms with van der Waals surface area (Å²) in [6.45, 7) is 2.16. The Morgan fingerprint density at radius 1 is 1.03 bits per heavy atom. The maximum atomic E-state index is 13.2. The third kappa shape index (κ3) is 7.72. The highest BCUT2D eigenvalue weighted by Gasteiger charge is 2.28. The van der Waals surface area contributed by atoms with Gasteiger partial charge < -0.3 is 10.2 Å². The van der Waals surface area contributed by atoms with Crippen LogP contribution in [0.3, 0.4) is 0 Å². The molecule has 0 aromatic heterocycles. The van der Waals surface area contributed by atoms with Crippen molar-refractivity contribution in [2.45, 2.75) is 63.4 Å². The van der Waals surface area contributed by atoms with Gasteiger partial charge in [-0.25, -0.2) is 0 Å². The van der Waals surface area contributed by atoms with Gasteiger partial charge in [0.1, 0.15) is 6.04 Å². The summed E-state index contributed by atoms with van der Waals surface area (Å²) in [6.07, 6.45) is 5.54. The average Bonchev–Trinajstić information content (AvgIpc) is 2.79. The Morgan fingerprint density at radius 2 is 1.75 bits per heavy atom. The van der Waals surface area contributed by atoms with Crippen molar-refractivity contribution in [3.8, 4) is 0 Å². The van der Waals surface area contributed by atoms with Crippen LogP contribution in [0.4, 0.5) is 0 Å². The summed E-state index contributed by atoms with van der Waals surface area (Å²) >= 11 is 13.6. The zero-order chi connectivity index (χ0) is 22.9. The lowest BCUT2D eigenvalue weighted by atomic mass is 9.95. The maximum absolute atomic E-state index is 13.2. The van der Waals surface area contributed by atoms with Gasteiger partial charge in [-0.2, -0.15) is 0 Å². The number of nitrogens with one attached hydrogen (secondary N) is 1. The lowest BCUT2D eigenvalue weighted by Gasteiger charge is -2.31. The Balaban J connectivity index is 1.64. The van der Waals surface area contributed by atoms with Gasteiger partial charge in [0.2, 0.25) is 11.8 Å². The third-order valence-electron chi connectivity index (χ3n) is 5.77. The lowest BCUT2D eigenvalue weighted by molar-refractivity contribution is -0.139. The summed E-state index contributed by atoms with van der Waals surface area (Å²) in [6, 6.07) is 14.7. The summed E-state index contributed by atoms with van der Waals surface area (Å²) in [7, 11) is 0. The molecule has 1 aliphatic rings. The predicted octanol–water partition coefficient (Wildman–Crippen LogP) is 6.09. The number of thioether (sulfide) groups is 1. The summed E-state index contributed by atoms with van der Waals surface area (Å²) in [5.74, 6) is 0.853. The van der Waals surface area contributed by atoms with E-state index in [1.807, 2.05) is 49.4 Å². The van der Waals surface area contributed by atoms with Gasteiger partial charge in [0, 0.05) is 28.4 Å². The lowest BCUT2D eigenvalue weighted by Crippen LogP contribution is -2.50. The fourth-order valence-corrected chi connectivity index (χ4v) is 5.11. The van der Waals surface area contributed by atoms with Gasteiger partial charge in [-0.3, -0.25) is 9.59 Å². The summed E-state index contributed by atoms with van der Waals surface area (Å²) in [5, 5.41) is 4.47. The molecule has 3 rings (SSSR count). The van der Waals surface area contributed by atoms with Crippen molar-refractivity contribution in [2.24, 2.45) is 0 Å². The molecule has 2 aromatic rings. The van der Waals surface area contributed by atoms with E-state index in [-0.39, 0.29) is 17.9 Å². The van der Waals surface area contributed by atoms with Crippen LogP contribution in [0.5, 0.6) is 0 Å². The van der Waals surface area contributed by atoms with Gasteiger partial charge in [-0.15, -0.1) is 11.8 Å². The molecule has 2 amide bonds. The number of amides is 2. The van der Waals surface area contributed by atoms with Crippen LogP contribution in [-0.4, -0.2) is 34.6 Å². The number of carbonyl (C=O) groups is 2. The molecule has 7 heteroatoms. The monoisotopic (exact) mass is 492 g/mol. The number of carbonyl (C=O) groups excluding carboxylic acids is 2. The van der Waals surface area contributed by atoms with Crippen LogP contribution in [0.25, 0.3) is 0 Å². The Morgan fingerprint density at radius 3 is 2.44 bits per heavy atom. The third-order valence-corrected chi connectivity index (χ3v) is 7.24. The Kier molecular flexibility index (Phi) is 9.76. The van der Waals surface area contributed by atoms with E-state index in [2.05, 4.69) is 5.32 Å². The van der Waals surface area contributed by atoms with Crippen molar-refractivity contribution in [1.82, 2.24) is 10.2 Å². The second-order valence-electron chi connectivity index (χ2n) is 8.29. The van der Waals surface area contributed by atoms with Gasteiger partial charge >= 0.3 is 0 Å². The van der Waals surface area contributed by atoms with Gasteiger partial charge in [-0.1, -0.05) is 66.7 Å². The number of halogens is 2. The first kappa shape index (κ1) is 24.9. The second-order valence-corrected chi connectivity index (χ2v) is 10.1. The molecule has 0 saturated heterocycles. The van der Waals surface area contributed by atoms with Crippen LogP contribution < -0.4 is 5.32 Å². The zero-order valence-electron chi connectivity index (χ0n) is 18.4. The quantitative estimate of drug-likeness (QED) is 0.460. The molecule has 1 atom stereocenters. The first-order valence-electron chi connectivity index (χ1n) is 11.1. The standard InChI is InChI=1S/C25H30Cl2N2O2S/c1-18(25(31)28-23-8-3-2-4-9-23)29(15-20-6-5-7-22(27)14-20)24(30)17-32-16-19-10-12-21(26)13-11-19/h5-7,10-14,18,23H,2-4,8-9,15-17H2,1H3,(H,28,31)/t18-/m0/s1. The molecular weight excluding hydrogens is 463 g/mol. The molecule has 0 unspecified atom stereocenters. The fourth-order valence-electron chi connectivity index (χ4n) is 3.90. The van der Waals surface area contributed by atoms with Crippen LogP contribution in [0.1, 0.15) is 50.2 Å². The van der Waals surface area contributed by atoms with Crippen LogP contribution >= 0.6 is 35.0 Å². The average molecular weight is 494 g/mol. The Hall–Kier alpha value is -1.69. The molecule has 1 aliphatic carbocycles. The fraction of sp³-hybridized carbons (Fsp3) is 0.440. The van der Waals surface area contributed by atoms with Crippen molar-refractivity contribution in [3.63, 3.8) is 0 Å². The molecule has 0 spiro atoms. The number of hydrogen-bond donors (Lipinski definition) is 1. The normalized spacial score (nSPS) is 15.2. The van der Waals surface area contributed by atoms with Gasteiger partial charge in [-0.05, 0) is 55.2 Å². The smallest absolute Gasteiger partial charge is 0.242 e. The van der Waals surface area contributed by atoms with Crippen molar-refractivity contribution in [3.05, 3.63) is 69.7 Å². The summed E-state index contributed by atoms with van der Waals surface area (Å²) < 4.78 is 0. The van der Waals surface area contributed by atoms with E-state index in [1.54, 1.807) is 11.0 Å².